The molecule has 3 aromatic heterocycles. The maximum Gasteiger partial charge on any atom is 0.137 e. The fraction of sp³-hybridized carbons (Fsp3) is 0.421. The Morgan fingerprint density at radius 3 is 3.00 bits per heavy atom. The Kier molecular flexibility index (Phi) is 4.04. The second-order valence-electron chi connectivity index (χ2n) is 6.64. The number of pyridine rings is 1. The molecule has 4 rings (SSSR count). The summed E-state index contributed by atoms with van der Waals surface area (Å²) in [7, 11) is 0. The van der Waals surface area contributed by atoms with E-state index < -0.39 is 0 Å². The van der Waals surface area contributed by atoms with Crippen molar-refractivity contribution in [3.8, 4) is 17.2 Å². The summed E-state index contributed by atoms with van der Waals surface area (Å²) in [6.07, 6.45) is 14.5. The van der Waals surface area contributed by atoms with Gasteiger partial charge >= 0.3 is 0 Å². The normalized spacial score (nSPS) is 17.0. The first kappa shape index (κ1) is 14.9. The van der Waals surface area contributed by atoms with Gasteiger partial charge < -0.3 is 4.98 Å². The molecule has 1 atom stereocenters. The molecule has 0 aromatic carbocycles. The van der Waals surface area contributed by atoms with Crippen molar-refractivity contribution < 1.29 is 0 Å². The van der Waals surface area contributed by atoms with Crippen molar-refractivity contribution >= 4 is 11.0 Å². The number of nitriles is 1. The number of nitrogens with one attached hydrogen (secondary N) is 1. The number of hydrogen-bond acceptors (Lipinski definition) is 3. The van der Waals surface area contributed by atoms with Crippen molar-refractivity contribution in [3.63, 3.8) is 0 Å². The van der Waals surface area contributed by atoms with E-state index in [2.05, 4.69) is 27.3 Å². The molecular weight excluding hydrogens is 298 g/mol. The predicted octanol–water partition coefficient (Wildman–Crippen LogP) is 4.46. The number of aromatic nitrogens is 4. The van der Waals surface area contributed by atoms with E-state index in [1.54, 1.807) is 0 Å². The molecule has 1 N–H and O–H groups in total. The number of H-pyrrole nitrogens is 1. The lowest BCUT2D eigenvalue weighted by molar-refractivity contribution is 0.237. The van der Waals surface area contributed by atoms with Crippen molar-refractivity contribution in [2.75, 3.05) is 0 Å². The number of rotatable bonds is 4. The highest BCUT2D eigenvalue weighted by Crippen LogP contribution is 2.35. The highest BCUT2D eigenvalue weighted by Gasteiger charge is 2.25. The highest BCUT2D eigenvalue weighted by atomic mass is 15.3. The standard InChI is InChI=1S/C19H21N5/c20-9-6-18(14-4-2-1-3-5-14)24-13-15(12-23-24)16-7-10-21-19-17(16)8-11-22-19/h7-8,10-14,18H,1-6H2,(H,21,22)/t18-/m1/s1. The van der Waals surface area contributed by atoms with Gasteiger partial charge in [-0.1, -0.05) is 19.3 Å². The van der Waals surface area contributed by atoms with Crippen LogP contribution in [0.4, 0.5) is 0 Å². The number of aromatic amines is 1. The first-order valence-corrected chi connectivity index (χ1v) is 8.70. The average Bonchev–Trinajstić information content (AvgIpc) is 3.29. The smallest absolute Gasteiger partial charge is 0.137 e. The molecule has 0 aliphatic heterocycles. The quantitative estimate of drug-likeness (QED) is 0.771. The molecule has 0 amide bonds. The van der Waals surface area contributed by atoms with Gasteiger partial charge in [-0.2, -0.15) is 10.4 Å². The zero-order chi connectivity index (χ0) is 16.4. The molecule has 1 aliphatic carbocycles. The number of fused-ring (bicyclic) bond motifs is 1. The molecule has 0 saturated heterocycles. The fourth-order valence-electron chi connectivity index (χ4n) is 3.96. The molecule has 3 heterocycles. The molecule has 5 heteroatoms. The molecule has 1 fully saturated rings. The molecule has 5 nitrogen and oxygen atoms in total. The molecule has 0 bridgehead atoms. The highest BCUT2D eigenvalue weighted by molar-refractivity contribution is 5.92. The van der Waals surface area contributed by atoms with Crippen LogP contribution < -0.4 is 0 Å². The Balaban J connectivity index is 1.68. The van der Waals surface area contributed by atoms with E-state index in [-0.39, 0.29) is 6.04 Å². The van der Waals surface area contributed by atoms with Gasteiger partial charge in [0.15, 0.2) is 0 Å². The van der Waals surface area contributed by atoms with Gasteiger partial charge in [-0.05, 0) is 36.5 Å². The lowest BCUT2D eigenvalue weighted by Crippen LogP contribution is -2.22. The second-order valence-corrected chi connectivity index (χ2v) is 6.64. The van der Waals surface area contributed by atoms with E-state index >= 15 is 0 Å². The van der Waals surface area contributed by atoms with Crippen molar-refractivity contribution in [3.05, 3.63) is 36.9 Å². The van der Waals surface area contributed by atoms with Gasteiger partial charge in [-0.25, -0.2) is 4.98 Å². The Morgan fingerprint density at radius 2 is 2.17 bits per heavy atom. The molecule has 24 heavy (non-hydrogen) atoms. The van der Waals surface area contributed by atoms with Crippen molar-refractivity contribution in [1.82, 2.24) is 19.7 Å². The average molecular weight is 319 g/mol. The molecular formula is C19H21N5. The van der Waals surface area contributed by atoms with Gasteiger partial charge in [0.05, 0.1) is 24.7 Å². The summed E-state index contributed by atoms with van der Waals surface area (Å²) in [6.45, 7) is 0. The lowest BCUT2D eigenvalue weighted by Gasteiger charge is -2.29. The van der Waals surface area contributed by atoms with E-state index in [0.29, 0.717) is 12.3 Å². The maximum absolute atomic E-state index is 9.26. The lowest BCUT2D eigenvalue weighted by atomic mass is 9.83. The number of nitrogens with zero attached hydrogens (tertiary/aromatic N) is 4. The zero-order valence-corrected chi connectivity index (χ0v) is 13.7. The van der Waals surface area contributed by atoms with Crippen LogP contribution in [0.2, 0.25) is 0 Å². The van der Waals surface area contributed by atoms with Gasteiger partial charge in [0, 0.05) is 29.5 Å². The van der Waals surface area contributed by atoms with Crippen LogP contribution in [0.25, 0.3) is 22.2 Å². The zero-order valence-electron chi connectivity index (χ0n) is 13.7. The summed E-state index contributed by atoms with van der Waals surface area (Å²) in [5.74, 6) is 0.566. The predicted molar refractivity (Wildman–Crippen MR) is 93.2 cm³/mol. The van der Waals surface area contributed by atoms with Crippen LogP contribution in [0.5, 0.6) is 0 Å². The minimum Gasteiger partial charge on any atom is -0.346 e. The Labute approximate surface area is 141 Å². The summed E-state index contributed by atoms with van der Waals surface area (Å²) in [5, 5.41) is 15.0. The Morgan fingerprint density at radius 1 is 1.29 bits per heavy atom. The monoisotopic (exact) mass is 319 g/mol. The van der Waals surface area contributed by atoms with Crippen LogP contribution in [0.1, 0.15) is 44.6 Å². The summed E-state index contributed by atoms with van der Waals surface area (Å²) in [5.41, 5.74) is 3.11. The van der Waals surface area contributed by atoms with Gasteiger partial charge in [-0.15, -0.1) is 0 Å². The minimum atomic E-state index is 0.188. The Bertz CT molecular complexity index is 863. The van der Waals surface area contributed by atoms with Crippen molar-refractivity contribution in [2.45, 2.75) is 44.6 Å². The fourth-order valence-corrected chi connectivity index (χ4v) is 3.96. The SMILES string of the molecule is N#CC[C@H](C1CCCCC1)n1cc(-c2ccnc3[nH]ccc23)cn1. The first-order valence-electron chi connectivity index (χ1n) is 8.70. The van der Waals surface area contributed by atoms with Crippen LogP contribution >= 0.6 is 0 Å². The molecule has 1 aliphatic rings. The maximum atomic E-state index is 9.26. The third-order valence-corrected chi connectivity index (χ3v) is 5.21. The minimum absolute atomic E-state index is 0.188. The largest absolute Gasteiger partial charge is 0.346 e. The second kappa shape index (κ2) is 6.48. The van der Waals surface area contributed by atoms with Gasteiger partial charge in [0.25, 0.3) is 0 Å². The Hall–Kier alpha value is -2.61. The van der Waals surface area contributed by atoms with Gasteiger partial charge in [0.1, 0.15) is 5.65 Å². The van der Waals surface area contributed by atoms with Crippen LogP contribution in [0.3, 0.4) is 0 Å². The molecule has 1 saturated carbocycles. The summed E-state index contributed by atoms with van der Waals surface area (Å²) in [4.78, 5) is 7.50. The van der Waals surface area contributed by atoms with Crippen LogP contribution in [0.15, 0.2) is 36.9 Å². The van der Waals surface area contributed by atoms with E-state index in [0.717, 1.165) is 22.2 Å². The van der Waals surface area contributed by atoms with E-state index in [1.807, 2.05) is 35.4 Å². The first-order chi connectivity index (χ1) is 11.9. The summed E-state index contributed by atoms with van der Waals surface area (Å²) < 4.78 is 2.02. The van der Waals surface area contributed by atoms with Crippen LogP contribution in [-0.4, -0.2) is 19.7 Å². The third-order valence-electron chi connectivity index (χ3n) is 5.21. The van der Waals surface area contributed by atoms with Gasteiger partial charge in [0.2, 0.25) is 0 Å². The van der Waals surface area contributed by atoms with E-state index in [9.17, 15) is 5.26 Å². The van der Waals surface area contributed by atoms with Crippen molar-refractivity contribution in [1.29, 1.82) is 5.26 Å². The summed E-state index contributed by atoms with van der Waals surface area (Å²) in [6, 6.07) is 6.62. The topological polar surface area (TPSA) is 70.3 Å². The molecule has 3 aromatic rings. The van der Waals surface area contributed by atoms with E-state index in [4.69, 9.17) is 0 Å². The van der Waals surface area contributed by atoms with Crippen LogP contribution in [-0.2, 0) is 0 Å². The van der Waals surface area contributed by atoms with Crippen LogP contribution in [0, 0.1) is 17.2 Å². The third kappa shape index (κ3) is 2.69. The van der Waals surface area contributed by atoms with Crippen molar-refractivity contribution in [2.24, 2.45) is 5.92 Å². The van der Waals surface area contributed by atoms with Gasteiger partial charge in [-0.3, -0.25) is 4.68 Å². The molecule has 0 radical (unpaired) electrons. The molecule has 0 unspecified atom stereocenters. The molecule has 122 valence electrons. The van der Waals surface area contributed by atoms with E-state index in [1.165, 1.54) is 32.1 Å². The summed E-state index contributed by atoms with van der Waals surface area (Å²) >= 11 is 0. The number of hydrogen-bond donors (Lipinski definition) is 1. The molecule has 0 spiro atoms.